The Kier molecular flexibility index (Phi) is 5.43. The number of piperidine rings is 1. The van der Waals surface area contributed by atoms with E-state index < -0.39 is 0 Å². The van der Waals surface area contributed by atoms with E-state index in [-0.39, 0.29) is 11.9 Å². The average Bonchev–Trinajstić information content (AvgIpc) is 2.57. The van der Waals surface area contributed by atoms with Crippen LogP contribution in [0.5, 0.6) is 11.5 Å². The number of nitrogens with one attached hydrogen (secondary N) is 1. The fraction of sp³-hybridized carbons (Fsp3) is 0.368. The minimum atomic E-state index is 0.0437. The summed E-state index contributed by atoms with van der Waals surface area (Å²) in [4.78, 5) is 17.7. The maximum absolute atomic E-state index is 11.3. The molecule has 2 heterocycles. The number of carbonyl (C=O) groups excluding carboxylic acids is 1. The lowest BCUT2D eigenvalue weighted by Gasteiger charge is -2.33. The average molecular weight is 325 g/mol. The van der Waals surface area contributed by atoms with Crippen molar-refractivity contribution in [3.63, 3.8) is 0 Å². The van der Waals surface area contributed by atoms with Gasteiger partial charge in [-0.3, -0.25) is 14.7 Å². The van der Waals surface area contributed by atoms with Gasteiger partial charge in [0.05, 0.1) is 6.20 Å². The van der Waals surface area contributed by atoms with Crippen LogP contribution in [0.2, 0.25) is 0 Å². The van der Waals surface area contributed by atoms with Gasteiger partial charge in [-0.15, -0.1) is 0 Å². The van der Waals surface area contributed by atoms with E-state index in [2.05, 4.69) is 21.3 Å². The quantitative estimate of drug-likeness (QED) is 0.918. The van der Waals surface area contributed by atoms with E-state index in [0.29, 0.717) is 0 Å². The highest BCUT2D eigenvalue weighted by Gasteiger charge is 2.21. The lowest BCUT2D eigenvalue weighted by Crippen LogP contribution is -2.46. The standard InChI is InChI=1S/C19H23N3O2/c1-15(23)21-17-7-5-11-22(14-17)13-16-6-2-3-9-19(16)24-18-8-4-10-20-12-18/h2-4,6,8-10,12,17H,5,7,11,13-14H2,1H3,(H,21,23). The number of para-hydroxylation sites is 1. The zero-order chi connectivity index (χ0) is 16.8. The maximum atomic E-state index is 11.3. The number of rotatable bonds is 5. The molecule has 0 radical (unpaired) electrons. The van der Waals surface area contributed by atoms with Gasteiger partial charge in [-0.2, -0.15) is 0 Å². The highest BCUT2D eigenvalue weighted by atomic mass is 16.5. The van der Waals surface area contributed by atoms with E-state index in [0.717, 1.165) is 49.5 Å². The topological polar surface area (TPSA) is 54.5 Å². The molecule has 1 aliphatic heterocycles. The Morgan fingerprint density at radius 3 is 3.00 bits per heavy atom. The first-order valence-corrected chi connectivity index (χ1v) is 8.36. The van der Waals surface area contributed by atoms with Gasteiger partial charge in [0.25, 0.3) is 0 Å². The molecule has 1 aliphatic rings. The molecule has 0 bridgehead atoms. The van der Waals surface area contributed by atoms with Crippen LogP contribution in [0.1, 0.15) is 25.3 Å². The fourth-order valence-electron chi connectivity index (χ4n) is 3.11. The Balaban J connectivity index is 1.67. The Morgan fingerprint density at radius 1 is 1.33 bits per heavy atom. The molecule has 0 spiro atoms. The molecular weight excluding hydrogens is 302 g/mol. The van der Waals surface area contributed by atoms with E-state index in [1.165, 1.54) is 0 Å². The van der Waals surface area contributed by atoms with Crippen LogP contribution in [0.3, 0.4) is 0 Å². The van der Waals surface area contributed by atoms with Crippen LogP contribution >= 0.6 is 0 Å². The molecule has 2 aromatic rings. The highest BCUT2D eigenvalue weighted by Crippen LogP contribution is 2.26. The monoisotopic (exact) mass is 325 g/mol. The summed E-state index contributed by atoms with van der Waals surface area (Å²) in [5.41, 5.74) is 1.14. The molecule has 1 amide bonds. The van der Waals surface area contributed by atoms with Crippen molar-refractivity contribution in [1.82, 2.24) is 15.2 Å². The van der Waals surface area contributed by atoms with Crippen molar-refractivity contribution < 1.29 is 9.53 Å². The maximum Gasteiger partial charge on any atom is 0.217 e. The largest absolute Gasteiger partial charge is 0.455 e. The number of hydrogen-bond donors (Lipinski definition) is 1. The van der Waals surface area contributed by atoms with Crippen LogP contribution in [0.25, 0.3) is 0 Å². The SMILES string of the molecule is CC(=O)NC1CCCN(Cc2ccccc2Oc2cccnc2)C1. The molecule has 1 saturated heterocycles. The van der Waals surface area contributed by atoms with Gasteiger partial charge >= 0.3 is 0 Å². The zero-order valence-electron chi connectivity index (χ0n) is 13.9. The number of carbonyl (C=O) groups is 1. The molecule has 126 valence electrons. The number of hydrogen-bond acceptors (Lipinski definition) is 4. The number of benzene rings is 1. The Hall–Kier alpha value is -2.40. The van der Waals surface area contributed by atoms with Crippen molar-refractivity contribution in [1.29, 1.82) is 0 Å². The number of likely N-dealkylation sites (tertiary alicyclic amines) is 1. The van der Waals surface area contributed by atoms with Gasteiger partial charge in [0, 0.05) is 37.8 Å². The van der Waals surface area contributed by atoms with Crippen molar-refractivity contribution in [2.24, 2.45) is 0 Å². The summed E-state index contributed by atoms with van der Waals surface area (Å²) in [6.07, 6.45) is 5.58. The molecule has 5 heteroatoms. The summed E-state index contributed by atoms with van der Waals surface area (Å²) in [5, 5.41) is 3.03. The van der Waals surface area contributed by atoms with E-state index in [4.69, 9.17) is 4.74 Å². The zero-order valence-corrected chi connectivity index (χ0v) is 13.9. The summed E-state index contributed by atoms with van der Waals surface area (Å²) in [5.74, 6) is 1.63. The first-order valence-electron chi connectivity index (χ1n) is 8.36. The van der Waals surface area contributed by atoms with Crippen molar-refractivity contribution in [2.75, 3.05) is 13.1 Å². The lowest BCUT2D eigenvalue weighted by molar-refractivity contribution is -0.120. The molecule has 1 aromatic carbocycles. The second-order valence-corrected chi connectivity index (χ2v) is 6.17. The Labute approximate surface area is 142 Å². The molecule has 24 heavy (non-hydrogen) atoms. The molecule has 0 aliphatic carbocycles. The first-order chi connectivity index (χ1) is 11.7. The minimum Gasteiger partial charge on any atom is -0.455 e. The molecule has 0 saturated carbocycles. The van der Waals surface area contributed by atoms with Crippen LogP contribution in [0.4, 0.5) is 0 Å². The van der Waals surface area contributed by atoms with Crippen LogP contribution in [-0.2, 0) is 11.3 Å². The van der Waals surface area contributed by atoms with Crippen molar-refractivity contribution in [3.05, 3.63) is 54.4 Å². The van der Waals surface area contributed by atoms with Crippen LogP contribution in [-0.4, -0.2) is 34.9 Å². The summed E-state index contributed by atoms with van der Waals surface area (Å²) in [6.45, 7) is 4.31. The third-order valence-corrected chi connectivity index (χ3v) is 4.14. The van der Waals surface area contributed by atoms with E-state index in [1.807, 2.05) is 30.3 Å². The number of aromatic nitrogens is 1. The molecule has 3 rings (SSSR count). The molecule has 1 N–H and O–H groups in total. The van der Waals surface area contributed by atoms with Crippen molar-refractivity contribution >= 4 is 5.91 Å². The Bertz CT molecular complexity index is 675. The third kappa shape index (κ3) is 4.55. The van der Waals surface area contributed by atoms with E-state index in [1.54, 1.807) is 19.3 Å². The van der Waals surface area contributed by atoms with E-state index >= 15 is 0 Å². The summed E-state index contributed by atoms with van der Waals surface area (Å²) >= 11 is 0. The number of nitrogens with zero attached hydrogens (tertiary/aromatic N) is 2. The Morgan fingerprint density at radius 2 is 2.21 bits per heavy atom. The van der Waals surface area contributed by atoms with Gasteiger partial charge in [-0.25, -0.2) is 0 Å². The van der Waals surface area contributed by atoms with E-state index in [9.17, 15) is 4.79 Å². The van der Waals surface area contributed by atoms with Crippen LogP contribution in [0.15, 0.2) is 48.8 Å². The molecule has 1 aromatic heterocycles. The highest BCUT2D eigenvalue weighted by molar-refractivity contribution is 5.73. The smallest absolute Gasteiger partial charge is 0.217 e. The molecule has 1 atom stereocenters. The third-order valence-electron chi connectivity index (χ3n) is 4.14. The van der Waals surface area contributed by atoms with Crippen molar-refractivity contribution in [2.45, 2.75) is 32.4 Å². The van der Waals surface area contributed by atoms with Gasteiger partial charge in [0.2, 0.25) is 5.91 Å². The van der Waals surface area contributed by atoms with Gasteiger partial charge in [-0.05, 0) is 37.6 Å². The normalized spacial score (nSPS) is 18.1. The lowest BCUT2D eigenvalue weighted by atomic mass is 10.0. The number of pyridine rings is 1. The van der Waals surface area contributed by atoms with Crippen molar-refractivity contribution in [3.8, 4) is 11.5 Å². The molecule has 5 nitrogen and oxygen atoms in total. The van der Waals surface area contributed by atoms with Crippen LogP contribution < -0.4 is 10.1 Å². The van der Waals surface area contributed by atoms with Gasteiger partial charge in [0.15, 0.2) is 0 Å². The summed E-state index contributed by atoms with van der Waals surface area (Å²) < 4.78 is 5.98. The van der Waals surface area contributed by atoms with Gasteiger partial charge in [0.1, 0.15) is 11.5 Å². The summed E-state index contributed by atoms with van der Waals surface area (Å²) in [6, 6.07) is 12.1. The molecule has 1 unspecified atom stereocenters. The summed E-state index contributed by atoms with van der Waals surface area (Å²) in [7, 11) is 0. The fourth-order valence-corrected chi connectivity index (χ4v) is 3.11. The number of ether oxygens (including phenoxy) is 1. The second kappa shape index (κ2) is 7.93. The van der Waals surface area contributed by atoms with Gasteiger partial charge in [-0.1, -0.05) is 18.2 Å². The predicted molar refractivity (Wildman–Crippen MR) is 92.9 cm³/mol. The number of amides is 1. The molecule has 1 fully saturated rings. The second-order valence-electron chi connectivity index (χ2n) is 6.17. The minimum absolute atomic E-state index is 0.0437. The first kappa shape index (κ1) is 16.5. The predicted octanol–water partition coefficient (Wildman–Crippen LogP) is 2.97. The van der Waals surface area contributed by atoms with Gasteiger partial charge < -0.3 is 10.1 Å². The molecular formula is C19H23N3O2. The van der Waals surface area contributed by atoms with Crippen LogP contribution in [0, 0.1) is 0 Å².